The predicted molar refractivity (Wildman–Crippen MR) is 63.9 cm³/mol. The number of unbranched alkanes of at least 4 members (excludes halogenated alkanes) is 3. The minimum Gasteiger partial charge on any atom is -0.240 e. The van der Waals surface area contributed by atoms with Gasteiger partial charge in [-0.25, -0.2) is 4.39 Å². The van der Waals surface area contributed by atoms with E-state index in [1.807, 2.05) is 20.8 Å². The van der Waals surface area contributed by atoms with Crippen LogP contribution in [-0.2, 0) is 0 Å². The molecule has 2 atom stereocenters. The highest BCUT2D eigenvalue weighted by molar-refractivity contribution is 7.18. The fraction of sp³-hybridized carbons (Fsp3) is 1.00. The SMILES string of the molecule is CC.CCCCCCC(F)(P)CC. The summed E-state index contributed by atoms with van der Waals surface area (Å²) in [5.74, 6) is 0. The van der Waals surface area contributed by atoms with E-state index >= 15 is 0 Å². The molecule has 0 rings (SSSR count). The molecule has 0 aliphatic carbocycles. The molecule has 2 unspecified atom stereocenters. The van der Waals surface area contributed by atoms with Crippen LogP contribution in [0.15, 0.2) is 0 Å². The Kier molecular flexibility index (Phi) is 12.7. The molecule has 2 heteroatoms. The van der Waals surface area contributed by atoms with Crippen LogP contribution in [0, 0.1) is 0 Å². The van der Waals surface area contributed by atoms with E-state index < -0.39 is 5.41 Å². The van der Waals surface area contributed by atoms with E-state index in [1.54, 1.807) is 0 Å². The number of rotatable bonds is 6. The van der Waals surface area contributed by atoms with Crippen LogP contribution in [0.2, 0.25) is 0 Å². The molecule has 0 aromatic heterocycles. The quantitative estimate of drug-likeness (QED) is 0.428. The van der Waals surface area contributed by atoms with Gasteiger partial charge in [0, 0.05) is 0 Å². The molecular weight excluding hydrogens is 182 g/mol. The number of alkyl halides is 1. The highest BCUT2D eigenvalue weighted by Gasteiger charge is 2.18. The summed E-state index contributed by atoms with van der Waals surface area (Å²) < 4.78 is 13.2. The number of hydrogen-bond donors (Lipinski definition) is 0. The molecule has 0 fully saturated rings. The first-order chi connectivity index (χ1) is 6.12. The fourth-order valence-electron chi connectivity index (χ4n) is 1.02. The fourth-order valence-corrected chi connectivity index (χ4v) is 1.23. The Morgan fingerprint density at radius 1 is 1.08 bits per heavy atom. The van der Waals surface area contributed by atoms with Crippen LogP contribution in [0.1, 0.15) is 66.2 Å². The molecule has 0 aliphatic rings. The van der Waals surface area contributed by atoms with Gasteiger partial charge in [0.25, 0.3) is 0 Å². The third-order valence-corrected chi connectivity index (χ3v) is 2.73. The molecule has 13 heavy (non-hydrogen) atoms. The van der Waals surface area contributed by atoms with Crippen molar-refractivity contribution in [3.8, 4) is 0 Å². The zero-order chi connectivity index (χ0) is 10.7. The van der Waals surface area contributed by atoms with Crippen LogP contribution in [0.3, 0.4) is 0 Å². The molecule has 0 aromatic carbocycles. The van der Waals surface area contributed by atoms with E-state index in [-0.39, 0.29) is 0 Å². The first kappa shape index (κ1) is 15.8. The van der Waals surface area contributed by atoms with Gasteiger partial charge in [0.15, 0.2) is 0 Å². The first-order valence-electron chi connectivity index (χ1n) is 5.60. The molecule has 0 amide bonds. The zero-order valence-electron chi connectivity index (χ0n) is 9.70. The second kappa shape index (κ2) is 10.4. The first-order valence-corrected chi connectivity index (χ1v) is 6.18. The van der Waals surface area contributed by atoms with Crippen molar-refractivity contribution in [3.63, 3.8) is 0 Å². The van der Waals surface area contributed by atoms with Crippen LogP contribution in [0.4, 0.5) is 4.39 Å². The van der Waals surface area contributed by atoms with Crippen molar-refractivity contribution in [1.29, 1.82) is 0 Å². The minimum atomic E-state index is -0.992. The number of halogens is 1. The topological polar surface area (TPSA) is 0 Å². The Labute approximate surface area is 85.9 Å². The predicted octanol–water partition coefficient (Wildman–Crippen LogP) is 4.93. The van der Waals surface area contributed by atoms with Gasteiger partial charge in [-0.15, -0.1) is 0 Å². The molecule has 0 radical (unpaired) electrons. The smallest absolute Gasteiger partial charge is 0.123 e. The summed E-state index contributed by atoms with van der Waals surface area (Å²) in [6.07, 6.45) is 5.99. The van der Waals surface area contributed by atoms with Crippen molar-refractivity contribution in [3.05, 3.63) is 0 Å². The van der Waals surface area contributed by atoms with E-state index in [0.717, 1.165) is 6.42 Å². The average Bonchev–Trinajstić information content (AvgIpc) is 2.16. The Balaban J connectivity index is 0. The van der Waals surface area contributed by atoms with Gasteiger partial charge in [-0.1, -0.05) is 56.2 Å². The normalized spacial score (nSPS) is 14.3. The van der Waals surface area contributed by atoms with Crippen LogP contribution in [0.25, 0.3) is 0 Å². The van der Waals surface area contributed by atoms with Gasteiger partial charge < -0.3 is 0 Å². The number of hydrogen-bond acceptors (Lipinski definition) is 0. The maximum absolute atomic E-state index is 13.2. The van der Waals surface area contributed by atoms with Crippen molar-refractivity contribution in [2.24, 2.45) is 0 Å². The van der Waals surface area contributed by atoms with Gasteiger partial charge in [0.2, 0.25) is 0 Å². The van der Waals surface area contributed by atoms with Crippen molar-refractivity contribution in [2.75, 3.05) is 0 Å². The third-order valence-electron chi connectivity index (χ3n) is 2.03. The lowest BCUT2D eigenvalue weighted by Gasteiger charge is -2.17. The molecule has 0 aliphatic heterocycles. The standard InChI is InChI=1S/C9H20FP.C2H6/c1-3-5-6-7-8-9(10,11)4-2;1-2/h3-8,11H2,1-2H3;1-2H3. The van der Waals surface area contributed by atoms with Crippen molar-refractivity contribution < 1.29 is 4.39 Å². The highest BCUT2D eigenvalue weighted by atomic mass is 31.0. The molecule has 0 heterocycles. The molecule has 0 nitrogen and oxygen atoms in total. The molecule has 82 valence electrons. The van der Waals surface area contributed by atoms with Gasteiger partial charge in [0.05, 0.1) is 0 Å². The maximum Gasteiger partial charge on any atom is 0.123 e. The second-order valence-corrected chi connectivity index (χ2v) is 4.23. The monoisotopic (exact) mass is 208 g/mol. The van der Waals surface area contributed by atoms with Gasteiger partial charge in [0.1, 0.15) is 5.41 Å². The van der Waals surface area contributed by atoms with Gasteiger partial charge in [-0.05, 0) is 19.3 Å². The largest absolute Gasteiger partial charge is 0.240 e. The summed E-state index contributed by atoms with van der Waals surface area (Å²) in [7, 11) is 2.31. The van der Waals surface area contributed by atoms with E-state index in [9.17, 15) is 4.39 Å². The molecule has 0 bridgehead atoms. The van der Waals surface area contributed by atoms with Gasteiger partial charge in [-0.2, -0.15) is 0 Å². The second-order valence-electron chi connectivity index (χ2n) is 3.20. The van der Waals surface area contributed by atoms with E-state index in [0.29, 0.717) is 12.8 Å². The summed E-state index contributed by atoms with van der Waals surface area (Å²) >= 11 is 0. The van der Waals surface area contributed by atoms with Crippen LogP contribution in [0.5, 0.6) is 0 Å². The molecule has 0 spiro atoms. The summed E-state index contributed by atoms with van der Waals surface area (Å²) in [4.78, 5) is 0. The molecule has 0 aromatic rings. The summed E-state index contributed by atoms with van der Waals surface area (Å²) in [5, 5.41) is -0.992. The summed E-state index contributed by atoms with van der Waals surface area (Å²) in [6, 6.07) is 0. The Morgan fingerprint density at radius 3 is 2.00 bits per heavy atom. The lowest BCUT2D eigenvalue weighted by molar-refractivity contribution is 0.253. The van der Waals surface area contributed by atoms with Crippen molar-refractivity contribution in [2.45, 2.75) is 71.6 Å². The van der Waals surface area contributed by atoms with E-state index in [2.05, 4.69) is 16.2 Å². The van der Waals surface area contributed by atoms with E-state index in [1.165, 1.54) is 19.3 Å². The summed E-state index contributed by atoms with van der Waals surface area (Å²) in [6.45, 7) is 8.07. The van der Waals surface area contributed by atoms with Crippen LogP contribution >= 0.6 is 9.24 Å². The van der Waals surface area contributed by atoms with Crippen molar-refractivity contribution >= 4 is 9.24 Å². The molecular formula is C11H26FP. The summed E-state index contributed by atoms with van der Waals surface area (Å²) in [5.41, 5.74) is 0. The van der Waals surface area contributed by atoms with Crippen LogP contribution in [-0.4, -0.2) is 5.41 Å². The zero-order valence-corrected chi connectivity index (χ0v) is 10.9. The Morgan fingerprint density at radius 2 is 1.62 bits per heavy atom. The van der Waals surface area contributed by atoms with Crippen LogP contribution < -0.4 is 0 Å². The van der Waals surface area contributed by atoms with Gasteiger partial charge >= 0.3 is 0 Å². The van der Waals surface area contributed by atoms with Crippen molar-refractivity contribution in [1.82, 2.24) is 0 Å². The molecule has 0 saturated carbocycles. The lowest BCUT2D eigenvalue weighted by Crippen LogP contribution is -2.10. The Hall–Kier alpha value is 0.360. The maximum atomic E-state index is 13.2. The average molecular weight is 208 g/mol. The van der Waals surface area contributed by atoms with E-state index in [4.69, 9.17) is 0 Å². The molecule has 0 N–H and O–H groups in total. The van der Waals surface area contributed by atoms with Gasteiger partial charge in [-0.3, -0.25) is 0 Å². The highest BCUT2D eigenvalue weighted by Crippen LogP contribution is 2.30. The third kappa shape index (κ3) is 12.4. The lowest BCUT2D eigenvalue weighted by atomic mass is 10.1. The molecule has 0 saturated heterocycles. The Bertz CT molecular complexity index is 92.1. The minimum absolute atomic E-state index is 0.615.